The normalized spacial score (nSPS) is 14.0. The SMILES string of the molecule is Oc1cc(F)cc(-c2ccnc3[nH]c(-c4n[nH]c5ccc(-c6cncc(CNCC7CCCC7)c6)cc45)cc23)c1. The molecule has 0 saturated heterocycles. The fourth-order valence-electron chi connectivity index (χ4n) is 5.91. The number of rotatable bonds is 7. The molecule has 0 amide bonds. The van der Waals surface area contributed by atoms with Crippen LogP contribution in [0.15, 0.2) is 73.2 Å². The van der Waals surface area contributed by atoms with Gasteiger partial charge >= 0.3 is 0 Å². The van der Waals surface area contributed by atoms with Crippen molar-refractivity contribution in [2.75, 3.05) is 6.54 Å². The first-order valence-corrected chi connectivity index (χ1v) is 13.7. The van der Waals surface area contributed by atoms with Crippen molar-refractivity contribution in [3.8, 4) is 39.4 Å². The number of aromatic amines is 2. The Morgan fingerprint density at radius 2 is 1.82 bits per heavy atom. The summed E-state index contributed by atoms with van der Waals surface area (Å²) in [6, 6.07) is 16.3. The maximum Gasteiger partial charge on any atom is 0.138 e. The van der Waals surface area contributed by atoms with Crippen LogP contribution in [-0.2, 0) is 6.54 Å². The number of aromatic hydroxyl groups is 1. The maximum absolute atomic E-state index is 14.0. The molecule has 0 spiro atoms. The molecule has 0 atom stereocenters. The summed E-state index contributed by atoms with van der Waals surface area (Å²) in [4.78, 5) is 12.4. The van der Waals surface area contributed by atoms with E-state index in [9.17, 15) is 9.50 Å². The maximum atomic E-state index is 14.0. The smallest absolute Gasteiger partial charge is 0.138 e. The van der Waals surface area contributed by atoms with Crippen molar-refractivity contribution >= 4 is 21.9 Å². The van der Waals surface area contributed by atoms with E-state index in [1.807, 2.05) is 30.6 Å². The van der Waals surface area contributed by atoms with Gasteiger partial charge in [-0.3, -0.25) is 10.1 Å². The summed E-state index contributed by atoms with van der Waals surface area (Å²) in [5, 5.41) is 23.1. The molecule has 7 nitrogen and oxygen atoms in total. The largest absolute Gasteiger partial charge is 0.508 e. The van der Waals surface area contributed by atoms with E-state index in [2.05, 4.69) is 48.7 Å². The van der Waals surface area contributed by atoms with Crippen molar-refractivity contribution in [2.45, 2.75) is 32.2 Å². The molecule has 8 heteroatoms. The van der Waals surface area contributed by atoms with Gasteiger partial charge in [-0.05, 0) is 90.0 Å². The molecule has 1 saturated carbocycles. The lowest BCUT2D eigenvalue weighted by atomic mass is 10.0. The Bertz CT molecular complexity index is 1810. The van der Waals surface area contributed by atoms with E-state index in [0.29, 0.717) is 11.2 Å². The quantitative estimate of drug-likeness (QED) is 0.178. The molecule has 0 unspecified atom stereocenters. The third kappa shape index (κ3) is 4.71. The Labute approximate surface area is 230 Å². The van der Waals surface area contributed by atoms with Crippen LogP contribution in [0.1, 0.15) is 31.2 Å². The topological polar surface area (TPSA) is 103 Å². The van der Waals surface area contributed by atoms with Gasteiger partial charge in [0.15, 0.2) is 0 Å². The van der Waals surface area contributed by atoms with Crippen LogP contribution in [0.2, 0.25) is 0 Å². The Morgan fingerprint density at radius 1 is 0.925 bits per heavy atom. The van der Waals surface area contributed by atoms with Gasteiger partial charge in [-0.15, -0.1) is 0 Å². The van der Waals surface area contributed by atoms with E-state index in [4.69, 9.17) is 0 Å². The minimum Gasteiger partial charge on any atom is -0.508 e. The summed E-state index contributed by atoms with van der Waals surface area (Å²) in [7, 11) is 0. The first kappa shape index (κ1) is 24.5. The molecule has 4 heterocycles. The minimum atomic E-state index is -0.496. The Morgan fingerprint density at radius 3 is 2.70 bits per heavy atom. The van der Waals surface area contributed by atoms with Crippen LogP contribution >= 0.6 is 0 Å². The standard InChI is InChI=1S/C32H29FN6O/c33-24-10-22(11-25(40)13-24)26-7-8-36-32-27(26)14-30(37-32)31-28-12-21(5-6-29(28)38-39-31)23-9-20(17-35-18-23)16-34-15-19-3-1-2-4-19/h5-14,17-19,34,40H,1-4,15-16H2,(H,36,37)(H,38,39). The number of H-pyrrole nitrogens is 2. The zero-order valence-corrected chi connectivity index (χ0v) is 21.9. The highest BCUT2D eigenvalue weighted by Crippen LogP contribution is 2.35. The van der Waals surface area contributed by atoms with Crippen molar-refractivity contribution in [1.29, 1.82) is 0 Å². The van der Waals surface area contributed by atoms with E-state index in [0.717, 1.165) is 69.4 Å². The predicted molar refractivity (Wildman–Crippen MR) is 155 cm³/mol. The van der Waals surface area contributed by atoms with Crippen LogP contribution in [0.5, 0.6) is 5.75 Å². The summed E-state index contributed by atoms with van der Waals surface area (Å²) >= 11 is 0. The third-order valence-electron chi connectivity index (χ3n) is 7.91. The molecule has 4 N–H and O–H groups in total. The number of nitrogens with zero attached hydrogens (tertiary/aromatic N) is 3. The summed E-state index contributed by atoms with van der Waals surface area (Å²) in [6.45, 7) is 1.88. The average molecular weight is 533 g/mol. The molecule has 2 aromatic carbocycles. The molecule has 0 radical (unpaired) electrons. The van der Waals surface area contributed by atoms with E-state index in [1.165, 1.54) is 37.3 Å². The number of phenols is 1. The van der Waals surface area contributed by atoms with Gasteiger partial charge in [0.1, 0.15) is 22.9 Å². The summed E-state index contributed by atoms with van der Waals surface area (Å²) in [5.41, 5.74) is 7.77. The number of hydrogen-bond acceptors (Lipinski definition) is 5. The molecule has 0 aliphatic heterocycles. The molecule has 1 aliphatic rings. The van der Waals surface area contributed by atoms with Crippen molar-refractivity contribution in [3.63, 3.8) is 0 Å². The zero-order valence-electron chi connectivity index (χ0n) is 21.9. The van der Waals surface area contributed by atoms with Gasteiger partial charge in [0, 0.05) is 47.5 Å². The fraction of sp³-hybridized carbons (Fsp3) is 0.219. The molecule has 6 aromatic rings. The molecule has 1 fully saturated rings. The van der Waals surface area contributed by atoms with Gasteiger partial charge in [-0.25, -0.2) is 9.37 Å². The van der Waals surface area contributed by atoms with Crippen molar-refractivity contribution in [1.82, 2.24) is 30.5 Å². The number of phenolic OH excluding ortho intramolecular Hbond substituents is 1. The second kappa shape index (κ2) is 10.2. The Balaban J connectivity index is 1.21. The van der Waals surface area contributed by atoms with Gasteiger partial charge in [-0.1, -0.05) is 18.9 Å². The average Bonchev–Trinajstić information content (AvgIpc) is 3.71. The van der Waals surface area contributed by atoms with Gasteiger partial charge in [0.2, 0.25) is 0 Å². The summed E-state index contributed by atoms with van der Waals surface area (Å²) in [5.74, 6) is 0.185. The minimum absolute atomic E-state index is 0.121. The van der Waals surface area contributed by atoms with Crippen LogP contribution in [0.3, 0.4) is 0 Å². The number of pyridine rings is 2. The monoisotopic (exact) mass is 532 g/mol. The van der Waals surface area contributed by atoms with Gasteiger partial charge in [0.25, 0.3) is 0 Å². The molecule has 4 aromatic heterocycles. The van der Waals surface area contributed by atoms with Gasteiger partial charge in [0.05, 0.1) is 11.2 Å². The van der Waals surface area contributed by atoms with Crippen LogP contribution in [0.4, 0.5) is 4.39 Å². The number of aromatic nitrogens is 5. The first-order valence-electron chi connectivity index (χ1n) is 13.7. The molecular formula is C32H29FN6O. The number of nitrogens with one attached hydrogen (secondary N) is 3. The predicted octanol–water partition coefficient (Wildman–Crippen LogP) is 6.96. The van der Waals surface area contributed by atoms with Crippen molar-refractivity contribution in [2.24, 2.45) is 5.92 Å². The number of benzene rings is 2. The molecule has 1 aliphatic carbocycles. The molecular weight excluding hydrogens is 503 g/mol. The fourth-order valence-corrected chi connectivity index (χ4v) is 5.91. The lowest BCUT2D eigenvalue weighted by Gasteiger charge is -2.11. The second-order valence-electron chi connectivity index (χ2n) is 10.7. The highest BCUT2D eigenvalue weighted by molar-refractivity contribution is 6.00. The van der Waals surface area contributed by atoms with Crippen molar-refractivity contribution in [3.05, 3.63) is 84.6 Å². The summed E-state index contributed by atoms with van der Waals surface area (Å²) in [6.07, 6.45) is 10.9. The number of halogens is 1. The summed E-state index contributed by atoms with van der Waals surface area (Å²) < 4.78 is 14.0. The zero-order chi connectivity index (χ0) is 27.1. The Hall–Kier alpha value is -4.56. The van der Waals surface area contributed by atoms with E-state index >= 15 is 0 Å². The Kier molecular flexibility index (Phi) is 6.24. The van der Waals surface area contributed by atoms with Crippen LogP contribution in [-0.4, -0.2) is 36.8 Å². The first-order chi connectivity index (χ1) is 19.6. The lowest BCUT2D eigenvalue weighted by molar-refractivity contribution is 0.469. The lowest BCUT2D eigenvalue weighted by Crippen LogP contribution is -2.20. The van der Waals surface area contributed by atoms with Crippen LogP contribution < -0.4 is 5.32 Å². The van der Waals surface area contributed by atoms with Gasteiger partial charge < -0.3 is 15.4 Å². The molecule has 7 rings (SSSR count). The van der Waals surface area contributed by atoms with Crippen molar-refractivity contribution < 1.29 is 9.50 Å². The van der Waals surface area contributed by atoms with E-state index in [-0.39, 0.29) is 5.75 Å². The number of fused-ring (bicyclic) bond motifs is 2. The second-order valence-corrected chi connectivity index (χ2v) is 10.7. The van der Waals surface area contributed by atoms with Crippen LogP contribution in [0, 0.1) is 11.7 Å². The molecule has 200 valence electrons. The third-order valence-corrected chi connectivity index (χ3v) is 7.91. The van der Waals surface area contributed by atoms with Crippen LogP contribution in [0.25, 0.3) is 55.6 Å². The van der Waals surface area contributed by atoms with Gasteiger partial charge in [-0.2, -0.15) is 5.10 Å². The number of hydrogen-bond donors (Lipinski definition) is 4. The molecule has 0 bridgehead atoms. The highest BCUT2D eigenvalue weighted by atomic mass is 19.1. The highest BCUT2D eigenvalue weighted by Gasteiger charge is 2.16. The van der Waals surface area contributed by atoms with E-state index in [1.54, 1.807) is 12.3 Å². The van der Waals surface area contributed by atoms with E-state index < -0.39 is 5.82 Å². The molecule has 40 heavy (non-hydrogen) atoms.